The predicted octanol–water partition coefficient (Wildman–Crippen LogP) is 2.15. The van der Waals surface area contributed by atoms with Crippen molar-refractivity contribution in [3.8, 4) is 17.4 Å². The highest BCUT2D eigenvalue weighted by molar-refractivity contribution is 5.95. The van der Waals surface area contributed by atoms with Gasteiger partial charge < -0.3 is 14.6 Å². The van der Waals surface area contributed by atoms with E-state index in [1.54, 1.807) is 36.3 Å². The highest BCUT2D eigenvalue weighted by Crippen LogP contribution is 2.20. The standard InChI is InChI=1S/C18H23N7O2/c1-11(2)25-10-19-22-16(25)12(3)20-17(26)14-8-6-7-13(9-14)15-21-18(27-5)24(4)23-15/h6-12H,1-5H3,(H,20,26)/t12-/m1/s1. The van der Waals surface area contributed by atoms with Gasteiger partial charge in [0, 0.05) is 24.2 Å². The molecule has 0 aliphatic heterocycles. The Morgan fingerprint density at radius 3 is 2.70 bits per heavy atom. The second kappa shape index (κ2) is 7.56. The largest absolute Gasteiger partial charge is 0.467 e. The summed E-state index contributed by atoms with van der Waals surface area (Å²) in [5.74, 6) is 1.01. The quantitative estimate of drug-likeness (QED) is 0.715. The van der Waals surface area contributed by atoms with E-state index < -0.39 is 0 Å². The van der Waals surface area contributed by atoms with Gasteiger partial charge in [0.1, 0.15) is 6.33 Å². The first-order chi connectivity index (χ1) is 12.9. The van der Waals surface area contributed by atoms with Gasteiger partial charge in [0.05, 0.1) is 13.2 Å². The molecule has 1 N–H and O–H groups in total. The number of nitrogens with zero attached hydrogens (tertiary/aromatic N) is 6. The summed E-state index contributed by atoms with van der Waals surface area (Å²) in [6.45, 7) is 5.97. The average Bonchev–Trinajstić information content (AvgIpc) is 3.28. The number of aromatic nitrogens is 6. The smallest absolute Gasteiger partial charge is 0.314 e. The monoisotopic (exact) mass is 369 g/mol. The molecule has 3 rings (SSSR count). The van der Waals surface area contributed by atoms with Crippen molar-refractivity contribution in [2.45, 2.75) is 32.9 Å². The number of rotatable bonds is 6. The van der Waals surface area contributed by atoms with E-state index >= 15 is 0 Å². The third-order valence-corrected chi connectivity index (χ3v) is 4.18. The zero-order chi connectivity index (χ0) is 19.6. The summed E-state index contributed by atoms with van der Waals surface area (Å²) in [5.41, 5.74) is 1.25. The zero-order valence-electron chi connectivity index (χ0n) is 16.0. The lowest BCUT2D eigenvalue weighted by Crippen LogP contribution is -2.29. The molecule has 1 atom stereocenters. The fraction of sp³-hybridized carbons (Fsp3) is 0.389. The van der Waals surface area contributed by atoms with Gasteiger partial charge in [-0.2, -0.15) is 4.98 Å². The molecular weight excluding hydrogens is 346 g/mol. The van der Waals surface area contributed by atoms with Crippen LogP contribution in [0.2, 0.25) is 0 Å². The Balaban J connectivity index is 1.80. The van der Waals surface area contributed by atoms with Gasteiger partial charge in [-0.3, -0.25) is 4.79 Å². The molecule has 0 unspecified atom stereocenters. The molecule has 2 heterocycles. The number of nitrogens with one attached hydrogen (secondary N) is 1. The molecule has 9 nitrogen and oxygen atoms in total. The highest BCUT2D eigenvalue weighted by atomic mass is 16.5. The second-order valence-corrected chi connectivity index (χ2v) is 6.51. The number of hydrogen-bond acceptors (Lipinski definition) is 6. The van der Waals surface area contributed by atoms with Crippen LogP contribution in [-0.2, 0) is 7.05 Å². The summed E-state index contributed by atoms with van der Waals surface area (Å²) >= 11 is 0. The number of carbonyl (C=O) groups excluding carboxylic acids is 1. The zero-order valence-corrected chi connectivity index (χ0v) is 16.0. The Kier molecular flexibility index (Phi) is 5.20. The van der Waals surface area contributed by atoms with Crippen molar-refractivity contribution in [2.24, 2.45) is 7.05 Å². The Bertz CT molecular complexity index is 945. The van der Waals surface area contributed by atoms with Crippen LogP contribution in [0.3, 0.4) is 0 Å². The molecule has 0 aliphatic rings. The topological polar surface area (TPSA) is 99.8 Å². The van der Waals surface area contributed by atoms with Crippen molar-refractivity contribution in [1.29, 1.82) is 0 Å². The maximum atomic E-state index is 12.7. The minimum atomic E-state index is -0.279. The molecule has 0 aliphatic carbocycles. The number of ether oxygens (including phenoxy) is 1. The molecule has 0 saturated carbocycles. The summed E-state index contributed by atoms with van der Waals surface area (Å²) in [6.07, 6.45) is 1.67. The lowest BCUT2D eigenvalue weighted by atomic mass is 10.1. The highest BCUT2D eigenvalue weighted by Gasteiger charge is 2.19. The summed E-state index contributed by atoms with van der Waals surface area (Å²) in [4.78, 5) is 17.0. The molecule has 142 valence electrons. The van der Waals surface area contributed by atoms with Crippen LogP contribution >= 0.6 is 0 Å². The lowest BCUT2D eigenvalue weighted by Gasteiger charge is -2.17. The maximum Gasteiger partial charge on any atom is 0.314 e. The maximum absolute atomic E-state index is 12.7. The lowest BCUT2D eigenvalue weighted by molar-refractivity contribution is 0.0937. The molecular formula is C18H23N7O2. The number of methoxy groups -OCH3 is 1. The second-order valence-electron chi connectivity index (χ2n) is 6.51. The van der Waals surface area contributed by atoms with Gasteiger partial charge in [-0.05, 0) is 32.9 Å². The van der Waals surface area contributed by atoms with E-state index in [0.29, 0.717) is 23.2 Å². The van der Waals surface area contributed by atoms with Gasteiger partial charge in [0.15, 0.2) is 11.6 Å². The van der Waals surface area contributed by atoms with Gasteiger partial charge in [0.25, 0.3) is 5.91 Å². The molecule has 0 saturated heterocycles. The summed E-state index contributed by atoms with van der Waals surface area (Å²) in [6, 6.07) is 7.49. The van der Waals surface area contributed by atoms with Crippen LogP contribution in [0.4, 0.5) is 0 Å². The van der Waals surface area contributed by atoms with Crippen LogP contribution in [-0.4, -0.2) is 42.5 Å². The first-order valence-electron chi connectivity index (χ1n) is 8.66. The Morgan fingerprint density at radius 2 is 2.04 bits per heavy atom. The molecule has 1 amide bonds. The first kappa shape index (κ1) is 18.6. The predicted molar refractivity (Wildman–Crippen MR) is 99.3 cm³/mol. The SMILES string of the molecule is COc1nc(-c2cccc(C(=O)N[C@H](C)c3nncn3C(C)C)c2)nn1C. The van der Waals surface area contributed by atoms with Crippen LogP contribution < -0.4 is 10.1 Å². The van der Waals surface area contributed by atoms with Crippen LogP contribution in [0.25, 0.3) is 11.4 Å². The van der Waals surface area contributed by atoms with Crippen LogP contribution in [0, 0.1) is 0 Å². The third-order valence-electron chi connectivity index (χ3n) is 4.18. The minimum absolute atomic E-state index is 0.203. The molecule has 2 aromatic heterocycles. The van der Waals surface area contributed by atoms with Crippen molar-refractivity contribution in [1.82, 2.24) is 34.8 Å². The fourth-order valence-electron chi connectivity index (χ4n) is 2.77. The molecule has 0 radical (unpaired) electrons. The van der Waals surface area contributed by atoms with E-state index in [9.17, 15) is 4.79 Å². The number of carbonyl (C=O) groups is 1. The molecule has 0 fully saturated rings. The first-order valence-corrected chi connectivity index (χ1v) is 8.66. The van der Waals surface area contributed by atoms with Crippen LogP contribution in [0.1, 0.15) is 49.0 Å². The molecule has 9 heteroatoms. The normalized spacial score (nSPS) is 12.2. The van der Waals surface area contributed by atoms with Gasteiger partial charge >= 0.3 is 6.01 Å². The van der Waals surface area contributed by atoms with Crippen molar-refractivity contribution in [2.75, 3.05) is 7.11 Å². The van der Waals surface area contributed by atoms with Crippen molar-refractivity contribution >= 4 is 5.91 Å². The number of amides is 1. The van der Waals surface area contributed by atoms with E-state index in [-0.39, 0.29) is 18.0 Å². The van der Waals surface area contributed by atoms with E-state index in [1.807, 2.05) is 31.4 Å². The molecule has 1 aromatic carbocycles. The number of hydrogen-bond donors (Lipinski definition) is 1. The Labute approximate surface area is 157 Å². The Hall–Kier alpha value is -3.23. The van der Waals surface area contributed by atoms with E-state index in [0.717, 1.165) is 5.56 Å². The molecule has 27 heavy (non-hydrogen) atoms. The molecule has 0 spiro atoms. The van der Waals surface area contributed by atoms with Gasteiger partial charge in [0.2, 0.25) is 0 Å². The van der Waals surface area contributed by atoms with E-state index in [1.165, 1.54) is 7.11 Å². The van der Waals surface area contributed by atoms with Gasteiger partial charge in [-0.25, -0.2) is 4.68 Å². The molecule has 3 aromatic rings. The summed E-state index contributed by atoms with van der Waals surface area (Å²) < 4.78 is 8.62. The molecule has 0 bridgehead atoms. The van der Waals surface area contributed by atoms with Crippen LogP contribution in [0.15, 0.2) is 30.6 Å². The number of aryl methyl sites for hydroxylation is 1. The minimum Gasteiger partial charge on any atom is -0.467 e. The van der Waals surface area contributed by atoms with Gasteiger partial charge in [-0.1, -0.05) is 12.1 Å². The third kappa shape index (κ3) is 3.81. The van der Waals surface area contributed by atoms with Crippen LogP contribution in [0.5, 0.6) is 6.01 Å². The van der Waals surface area contributed by atoms with E-state index in [2.05, 4.69) is 25.6 Å². The Morgan fingerprint density at radius 1 is 1.26 bits per heavy atom. The summed E-state index contributed by atoms with van der Waals surface area (Å²) in [5, 5.41) is 15.4. The fourth-order valence-corrected chi connectivity index (χ4v) is 2.77. The van der Waals surface area contributed by atoms with E-state index in [4.69, 9.17) is 4.74 Å². The van der Waals surface area contributed by atoms with Crippen molar-refractivity contribution in [3.05, 3.63) is 42.0 Å². The summed E-state index contributed by atoms with van der Waals surface area (Å²) in [7, 11) is 3.29. The van der Waals surface area contributed by atoms with Crippen molar-refractivity contribution in [3.63, 3.8) is 0 Å². The average molecular weight is 369 g/mol. The van der Waals surface area contributed by atoms with Gasteiger partial charge in [-0.15, -0.1) is 15.3 Å². The van der Waals surface area contributed by atoms with Crippen molar-refractivity contribution < 1.29 is 9.53 Å². The number of benzene rings is 1.